The summed E-state index contributed by atoms with van der Waals surface area (Å²) in [5.74, 6) is -4.82. The molecular weight excluding hydrogens is 776 g/mol. The van der Waals surface area contributed by atoms with E-state index in [4.69, 9.17) is 0 Å². The Morgan fingerprint density at radius 1 is 0.789 bits per heavy atom. The summed E-state index contributed by atoms with van der Waals surface area (Å²) < 4.78 is 116. The van der Waals surface area contributed by atoms with Gasteiger partial charge in [0.2, 0.25) is 0 Å². The molecule has 0 bridgehead atoms. The molecule has 4 N–H and O–H groups in total. The van der Waals surface area contributed by atoms with Gasteiger partial charge < -0.3 is 24.9 Å². The normalized spacial score (nSPS) is 14.4. The molecule has 0 amide bonds. The summed E-state index contributed by atoms with van der Waals surface area (Å²) in [6, 6.07) is 2.81. The summed E-state index contributed by atoms with van der Waals surface area (Å²) in [5.41, 5.74) is -4.24. The van der Waals surface area contributed by atoms with Gasteiger partial charge in [0.1, 0.15) is 39.6 Å². The van der Waals surface area contributed by atoms with Crippen LogP contribution in [-0.4, -0.2) is 56.1 Å². The van der Waals surface area contributed by atoms with Crippen LogP contribution in [0.25, 0.3) is 22.1 Å². The lowest BCUT2D eigenvalue weighted by Crippen LogP contribution is -2.28. The predicted octanol–water partition coefficient (Wildman–Crippen LogP) is 6.14. The van der Waals surface area contributed by atoms with Crippen LogP contribution in [0, 0.1) is 29.9 Å². The van der Waals surface area contributed by atoms with Gasteiger partial charge in [0.05, 0.1) is 30.9 Å². The van der Waals surface area contributed by atoms with Crippen LogP contribution in [0.15, 0.2) is 46.0 Å². The molecule has 0 saturated heterocycles. The van der Waals surface area contributed by atoms with Crippen molar-refractivity contribution in [1.82, 2.24) is 39.5 Å². The van der Waals surface area contributed by atoms with E-state index in [0.717, 1.165) is 24.3 Å². The van der Waals surface area contributed by atoms with E-state index in [9.17, 15) is 50.5 Å². The van der Waals surface area contributed by atoms with Crippen LogP contribution in [0.3, 0.4) is 0 Å². The highest BCUT2D eigenvalue weighted by Gasteiger charge is 2.38. The first kappa shape index (κ1) is 40.9. The van der Waals surface area contributed by atoms with Crippen LogP contribution >= 0.6 is 0 Å². The van der Waals surface area contributed by atoms with Crippen LogP contribution in [0.4, 0.5) is 35.1 Å². The molecule has 6 rings (SSSR count). The molecule has 304 valence electrons. The average Bonchev–Trinajstić information content (AvgIpc) is 3.63. The highest BCUT2D eigenvalue weighted by atomic mass is 19.4. The first-order valence-electron chi connectivity index (χ1n) is 17.1. The number of aliphatic hydroxyl groups excluding tert-OH is 2. The van der Waals surface area contributed by atoms with Gasteiger partial charge in [0, 0.05) is 6.42 Å². The third-order valence-corrected chi connectivity index (χ3v) is 9.26. The number of aliphatic hydroxyl groups is 2. The molecule has 0 radical (unpaired) electrons. The van der Waals surface area contributed by atoms with Crippen molar-refractivity contribution in [3.63, 3.8) is 0 Å². The number of aromatic amines is 2. The molecule has 13 nitrogen and oxygen atoms in total. The molecule has 0 aliphatic carbocycles. The molecule has 0 aliphatic heterocycles. The summed E-state index contributed by atoms with van der Waals surface area (Å²) in [5, 5.41) is 28.8. The smallest absolute Gasteiger partial charge is 0.403 e. The van der Waals surface area contributed by atoms with Gasteiger partial charge in [-0.15, -0.1) is 13.2 Å². The Balaban J connectivity index is 1.52. The molecule has 2 aromatic carbocycles. The van der Waals surface area contributed by atoms with E-state index >= 15 is 4.39 Å². The summed E-state index contributed by atoms with van der Waals surface area (Å²) in [6.45, 7) is 6.66. The number of fused-ring (bicyclic) bond motifs is 2. The average molecular weight is 811 g/mol. The van der Waals surface area contributed by atoms with Crippen molar-refractivity contribution in [2.24, 2.45) is 11.3 Å². The van der Waals surface area contributed by atoms with Gasteiger partial charge in [-0.3, -0.25) is 9.59 Å². The minimum absolute atomic E-state index is 0.0105. The Labute approximate surface area is 316 Å². The minimum Gasteiger partial charge on any atom is -0.403 e. The number of aryl methyl sites for hydroxylation is 1. The third-order valence-electron chi connectivity index (χ3n) is 9.26. The molecular formula is C36H34F8N8O5. The van der Waals surface area contributed by atoms with Gasteiger partial charge >= 0.3 is 12.5 Å². The summed E-state index contributed by atoms with van der Waals surface area (Å²) in [6.07, 6.45) is -10.4. The number of H-pyrrole nitrogens is 2. The van der Waals surface area contributed by atoms with Crippen molar-refractivity contribution in [2.45, 2.75) is 78.9 Å². The Bertz CT molecular complexity index is 2610. The van der Waals surface area contributed by atoms with Crippen molar-refractivity contribution < 1.29 is 50.1 Å². The second kappa shape index (κ2) is 14.7. The third kappa shape index (κ3) is 7.98. The molecule has 6 aromatic rings. The number of rotatable bonds is 10. The summed E-state index contributed by atoms with van der Waals surface area (Å²) >= 11 is 0. The fraction of sp³-hybridized carbons (Fsp3) is 0.389. The number of hydrogen-bond donors (Lipinski definition) is 4. The molecule has 0 fully saturated rings. The van der Waals surface area contributed by atoms with Gasteiger partial charge in [-0.25, -0.2) is 28.1 Å². The van der Waals surface area contributed by atoms with Gasteiger partial charge in [0.15, 0.2) is 22.9 Å². The molecule has 3 atom stereocenters. The monoisotopic (exact) mass is 810 g/mol. The zero-order valence-electron chi connectivity index (χ0n) is 30.6. The molecule has 57 heavy (non-hydrogen) atoms. The van der Waals surface area contributed by atoms with Crippen LogP contribution < -0.4 is 15.9 Å². The number of halogens is 8. The second-order valence-corrected chi connectivity index (χ2v) is 14.5. The number of alkyl halides is 6. The number of nitrogens with one attached hydrogen (secondary N) is 2. The first-order valence-corrected chi connectivity index (χ1v) is 17.1. The highest BCUT2D eigenvalue weighted by Crippen LogP contribution is 2.41. The molecule has 0 saturated carbocycles. The number of nitrogens with zero attached hydrogens (tertiary/aromatic N) is 6. The maximum atomic E-state index is 15.3. The Morgan fingerprint density at radius 2 is 1.35 bits per heavy atom. The lowest BCUT2D eigenvalue weighted by Gasteiger charge is -2.32. The SMILES string of the molecule is Cc1nc2c(c(CO)nn2C(c2ccc(OC(F)(F)F)c(F)c2)C(C)Cc2nc3c(c(CO)nn3C(c3ccc(C(F)(F)F)c(F)c3)C(C)(C)C)c(=O)[nH]2)c(=O)[nH]1. The van der Waals surface area contributed by atoms with Crippen LogP contribution in [-0.2, 0) is 25.8 Å². The maximum absolute atomic E-state index is 15.3. The van der Waals surface area contributed by atoms with Crippen molar-refractivity contribution in [3.8, 4) is 5.75 Å². The fourth-order valence-electron chi connectivity index (χ4n) is 7.05. The lowest BCUT2D eigenvalue weighted by molar-refractivity contribution is -0.275. The van der Waals surface area contributed by atoms with Crippen LogP contribution in [0.5, 0.6) is 5.75 Å². The van der Waals surface area contributed by atoms with Crippen molar-refractivity contribution in [1.29, 1.82) is 0 Å². The van der Waals surface area contributed by atoms with E-state index in [1.54, 1.807) is 27.7 Å². The summed E-state index contributed by atoms with van der Waals surface area (Å²) in [7, 11) is 0. The highest BCUT2D eigenvalue weighted by molar-refractivity contribution is 5.78. The van der Waals surface area contributed by atoms with Gasteiger partial charge in [-0.05, 0) is 53.6 Å². The minimum atomic E-state index is -5.21. The Hall–Kier alpha value is -5.70. The molecule has 21 heteroatoms. The quantitative estimate of drug-likeness (QED) is 0.118. The second-order valence-electron chi connectivity index (χ2n) is 14.5. The standard InChI is InChI=1S/C36H34F8N8O5/c1-15(28(17-7-9-24(21(38)11-17)57-36(42,43)44)51-30-26(22(13-53)49-51)32(55)46-16(2)45-30)10-25-47-31-27(33(56)48-25)23(14-54)50-52(31)29(34(3,4)5)18-6-8-19(20(37)12-18)35(39,40)41/h6-9,11-12,15,28-29,53-54H,10,13-14H2,1-5H3,(H,45,46,55)(H,47,48,56). The van der Waals surface area contributed by atoms with E-state index < -0.39 is 83.2 Å². The largest absolute Gasteiger partial charge is 0.573 e. The number of ether oxygens (including phenoxy) is 1. The maximum Gasteiger partial charge on any atom is 0.573 e. The molecule has 3 unspecified atom stereocenters. The first-order chi connectivity index (χ1) is 26.5. The van der Waals surface area contributed by atoms with E-state index in [0.29, 0.717) is 12.1 Å². The van der Waals surface area contributed by atoms with Gasteiger partial charge in [0.25, 0.3) is 11.1 Å². The van der Waals surface area contributed by atoms with E-state index in [2.05, 4.69) is 34.9 Å². The molecule has 4 heterocycles. The van der Waals surface area contributed by atoms with Gasteiger partial charge in [-0.1, -0.05) is 39.8 Å². The zero-order valence-corrected chi connectivity index (χ0v) is 30.6. The van der Waals surface area contributed by atoms with E-state index in [-0.39, 0.29) is 62.7 Å². The van der Waals surface area contributed by atoms with Crippen molar-refractivity contribution in [3.05, 3.63) is 108 Å². The Kier molecular flexibility index (Phi) is 10.5. The topological polar surface area (TPSA) is 177 Å². The van der Waals surface area contributed by atoms with Crippen LogP contribution in [0.1, 0.15) is 79.5 Å². The fourth-order valence-corrected chi connectivity index (χ4v) is 7.05. The van der Waals surface area contributed by atoms with E-state index in [1.165, 1.54) is 16.3 Å². The van der Waals surface area contributed by atoms with Crippen molar-refractivity contribution in [2.75, 3.05) is 0 Å². The van der Waals surface area contributed by atoms with E-state index in [1.807, 2.05) is 0 Å². The molecule has 4 aromatic heterocycles. The predicted molar refractivity (Wildman–Crippen MR) is 186 cm³/mol. The number of aromatic nitrogens is 8. The summed E-state index contributed by atoms with van der Waals surface area (Å²) in [4.78, 5) is 40.8. The number of hydrogen-bond acceptors (Lipinski definition) is 9. The molecule has 0 aliphatic rings. The van der Waals surface area contributed by atoms with Crippen LogP contribution in [0.2, 0.25) is 0 Å². The Morgan fingerprint density at radius 3 is 1.89 bits per heavy atom. The lowest BCUT2D eigenvalue weighted by atomic mass is 9.82. The van der Waals surface area contributed by atoms with Gasteiger partial charge in [-0.2, -0.15) is 23.4 Å². The van der Waals surface area contributed by atoms with Crippen molar-refractivity contribution >= 4 is 22.1 Å². The number of benzene rings is 2. The molecule has 0 spiro atoms. The zero-order chi connectivity index (χ0) is 41.9.